The monoisotopic (exact) mass is 283 g/mol. The standard InChI is InChI=1S/C14H21NO3S/c1-11(2)6-7-17-8-9-18-14(16)5-4-13-10-19-12(3)15-13/h4-5,10-11H,6-9H2,1-3H3. The number of nitrogens with zero attached hydrogens (tertiary/aromatic N) is 1. The molecule has 0 aromatic carbocycles. The summed E-state index contributed by atoms with van der Waals surface area (Å²) in [5.74, 6) is 0.269. The largest absolute Gasteiger partial charge is 0.460 e. The van der Waals surface area contributed by atoms with Gasteiger partial charge < -0.3 is 9.47 Å². The van der Waals surface area contributed by atoms with Crippen molar-refractivity contribution < 1.29 is 14.3 Å². The normalized spacial score (nSPS) is 11.4. The Balaban J connectivity index is 2.09. The van der Waals surface area contributed by atoms with E-state index in [4.69, 9.17) is 9.47 Å². The highest BCUT2D eigenvalue weighted by Crippen LogP contribution is 2.09. The van der Waals surface area contributed by atoms with Crippen LogP contribution in [-0.4, -0.2) is 30.8 Å². The molecule has 5 heteroatoms. The third-order valence-electron chi connectivity index (χ3n) is 2.34. The minimum Gasteiger partial charge on any atom is -0.460 e. The summed E-state index contributed by atoms with van der Waals surface area (Å²) in [6, 6.07) is 0. The summed E-state index contributed by atoms with van der Waals surface area (Å²) in [7, 11) is 0. The predicted octanol–water partition coefficient (Wildman–Crippen LogP) is 3.07. The van der Waals surface area contributed by atoms with E-state index in [0.29, 0.717) is 19.1 Å². The smallest absolute Gasteiger partial charge is 0.330 e. The number of rotatable bonds is 8. The van der Waals surface area contributed by atoms with Crippen molar-refractivity contribution in [3.05, 3.63) is 22.2 Å². The molecule has 1 heterocycles. The average molecular weight is 283 g/mol. The molecule has 0 aliphatic rings. The molecule has 1 rings (SSSR count). The van der Waals surface area contributed by atoms with Crippen LogP contribution in [0.2, 0.25) is 0 Å². The molecular formula is C14H21NO3S. The number of aryl methyl sites for hydroxylation is 1. The van der Waals surface area contributed by atoms with Crippen molar-refractivity contribution in [2.45, 2.75) is 27.2 Å². The molecule has 0 amide bonds. The lowest BCUT2D eigenvalue weighted by atomic mass is 10.1. The van der Waals surface area contributed by atoms with Gasteiger partial charge >= 0.3 is 5.97 Å². The van der Waals surface area contributed by atoms with Crippen LogP contribution in [0.15, 0.2) is 11.5 Å². The molecular weight excluding hydrogens is 262 g/mol. The quantitative estimate of drug-likeness (QED) is 0.418. The molecule has 0 bridgehead atoms. The lowest BCUT2D eigenvalue weighted by Gasteiger charge is -2.06. The Bertz CT molecular complexity index is 413. The molecule has 0 aliphatic heterocycles. The fourth-order valence-corrected chi connectivity index (χ4v) is 1.86. The van der Waals surface area contributed by atoms with E-state index in [0.717, 1.165) is 17.1 Å². The fourth-order valence-electron chi connectivity index (χ4n) is 1.28. The zero-order valence-corrected chi connectivity index (χ0v) is 12.5. The maximum atomic E-state index is 11.4. The number of carbonyl (C=O) groups is 1. The van der Waals surface area contributed by atoms with Crippen molar-refractivity contribution >= 4 is 23.4 Å². The Morgan fingerprint density at radius 3 is 2.84 bits per heavy atom. The van der Waals surface area contributed by atoms with Crippen molar-refractivity contribution in [2.24, 2.45) is 5.92 Å². The molecule has 0 aliphatic carbocycles. The Morgan fingerprint density at radius 1 is 1.42 bits per heavy atom. The van der Waals surface area contributed by atoms with Crippen LogP contribution in [-0.2, 0) is 14.3 Å². The third kappa shape index (κ3) is 7.74. The molecule has 0 atom stereocenters. The highest BCUT2D eigenvalue weighted by Gasteiger charge is 1.99. The topological polar surface area (TPSA) is 48.4 Å². The number of carbonyl (C=O) groups excluding carboxylic acids is 1. The first-order valence-corrected chi connectivity index (χ1v) is 7.30. The van der Waals surface area contributed by atoms with Crippen LogP contribution in [0.1, 0.15) is 31.0 Å². The summed E-state index contributed by atoms with van der Waals surface area (Å²) in [6.45, 7) is 7.67. The van der Waals surface area contributed by atoms with Gasteiger partial charge in [0, 0.05) is 18.1 Å². The molecule has 0 spiro atoms. The first-order valence-electron chi connectivity index (χ1n) is 6.42. The lowest BCUT2D eigenvalue weighted by Crippen LogP contribution is -2.09. The van der Waals surface area contributed by atoms with E-state index in [-0.39, 0.29) is 12.6 Å². The van der Waals surface area contributed by atoms with Crippen molar-refractivity contribution in [1.82, 2.24) is 4.98 Å². The minimum absolute atomic E-state index is 0.289. The highest BCUT2D eigenvalue weighted by molar-refractivity contribution is 7.09. The summed E-state index contributed by atoms with van der Waals surface area (Å²) in [6.07, 6.45) is 4.07. The van der Waals surface area contributed by atoms with E-state index in [1.165, 1.54) is 6.08 Å². The van der Waals surface area contributed by atoms with Crippen molar-refractivity contribution in [1.29, 1.82) is 0 Å². The van der Waals surface area contributed by atoms with Crippen molar-refractivity contribution in [2.75, 3.05) is 19.8 Å². The van der Waals surface area contributed by atoms with Gasteiger partial charge in [0.1, 0.15) is 6.61 Å². The number of hydrogen-bond donors (Lipinski definition) is 0. The van der Waals surface area contributed by atoms with Gasteiger partial charge in [-0.3, -0.25) is 0 Å². The van der Waals surface area contributed by atoms with Gasteiger partial charge in [-0.1, -0.05) is 13.8 Å². The van der Waals surface area contributed by atoms with Crippen LogP contribution in [0.5, 0.6) is 0 Å². The van der Waals surface area contributed by atoms with Gasteiger partial charge in [-0.2, -0.15) is 0 Å². The molecule has 19 heavy (non-hydrogen) atoms. The Hall–Kier alpha value is -1.20. The molecule has 106 valence electrons. The van der Waals surface area contributed by atoms with Crippen molar-refractivity contribution in [3.63, 3.8) is 0 Å². The van der Waals surface area contributed by atoms with Gasteiger partial charge in [-0.05, 0) is 25.3 Å². The molecule has 1 aromatic rings. The zero-order chi connectivity index (χ0) is 14.1. The second-order valence-electron chi connectivity index (χ2n) is 4.59. The predicted molar refractivity (Wildman–Crippen MR) is 77.1 cm³/mol. The molecule has 0 saturated heterocycles. The summed E-state index contributed by atoms with van der Waals surface area (Å²) in [5.41, 5.74) is 0.785. The van der Waals surface area contributed by atoms with E-state index in [1.54, 1.807) is 17.4 Å². The Kier molecular flexibility index (Phi) is 7.36. The van der Waals surface area contributed by atoms with Gasteiger partial charge in [-0.25, -0.2) is 9.78 Å². The van der Waals surface area contributed by atoms with Crippen LogP contribution in [0.3, 0.4) is 0 Å². The number of esters is 1. The SMILES string of the molecule is Cc1nc(C=CC(=O)OCCOCCC(C)C)cs1. The van der Waals surface area contributed by atoms with Crippen LogP contribution in [0.4, 0.5) is 0 Å². The van der Waals surface area contributed by atoms with E-state index >= 15 is 0 Å². The Morgan fingerprint density at radius 2 is 2.21 bits per heavy atom. The van der Waals surface area contributed by atoms with Crippen LogP contribution < -0.4 is 0 Å². The van der Waals surface area contributed by atoms with Crippen LogP contribution in [0.25, 0.3) is 6.08 Å². The van der Waals surface area contributed by atoms with Gasteiger partial charge in [0.2, 0.25) is 0 Å². The van der Waals surface area contributed by atoms with Crippen molar-refractivity contribution in [3.8, 4) is 0 Å². The number of ether oxygens (including phenoxy) is 2. The number of aromatic nitrogens is 1. The van der Waals surface area contributed by atoms with Gasteiger partial charge in [0.05, 0.1) is 17.3 Å². The molecule has 0 unspecified atom stereocenters. The van der Waals surface area contributed by atoms with Gasteiger partial charge in [0.25, 0.3) is 0 Å². The average Bonchev–Trinajstić information content (AvgIpc) is 2.76. The van der Waals surface area contributed by atoms with Crippen LogP contribution in [0, 0.1) is 12.8 Å². The second-order valence-corrected chi connectivity index (χ2v) is 5.65. The number of hydrogen-bond acceptors (Lipinski definition) is 5. The summed E-state index contributed by atoms with van der Waals surface area (Å²) < 4.78 is 10.4. The summed E-state index contributed by atoms with van der Waals surface area (Å²) in [5, 5.41) is 2.88. The lowest BCUT2D eigenvalue weighted by molar-refractivity contribution is -0.139. The summed E-state index contributed by atoms with van der Waals surface area (Å²) >= 11 is 1.55. The molecule has 0 radical (unpaired) electrons. The Labute approximate surface area is 118 Å². The highest BCUT2D eigenvalue weighted by atomic mass is 32.1. The first-order chi connectivity index (χ1) is 9.08. The zero-order valence-electron chi connectivity index (χ0n) is 11.7. The molecule has 0 N–H and O–H groups in total. The number of thiazole rings is 1. The van der Waals surface area contributed by atoms with Gasteiger partial charge in [0.15, 0.2) is 0 Å². The van der Waals surface area contributed by atoms with E-state index in [2.05, 4.69) is 18.8 Å². The van der Waals surface area contributed by atoms with E-state index in [1.807, 2.05) is 12.3 Å². The molecule has 4 nitrogen and oxygen atoms in total. The maximum absolute atomic E-state index is 11.4. The third-order valence-corrected chi connectivity index (χ3v) is 3.13. The minimum atomic E-state index is -0.363. The summed E-state index contributed by atoms with van der Waals surface area (Å²) in [4.78, 5) is 15.6. The molecule has 0 saturated carbocycles. The maximum Gasteiger partial charge on any atom is 0.330 e. The fraction of sp³-hybridized carbons (Fsp3) is 0.571. The van der Waals surface area contributed by atoms with Crippen LogP contribution >= 0.6 is 11.3 Å². The van der Waals surface area contributed by atoms with E-state index in [9.17, 15) is 4.79 Å². The van der Waals surface area contributed by atoms with Gasteiger partial charge in [-0.15, -0.1) is 11.3 Å². The molecule has 0 fully saturated rings. The second kappa shape index (κ2) is 8.82. The van der Waals surface area contributed by atoms with E-state index < -0.39 is 0 Å². The molecule has 1 aromatic heterocycles. The first kappa shape index (κ1) is 15.9.